The van der Waals surface area contributed by atoms with Crippen LogP contribution in [0.3, 0.4) is 0 Å². The molecule has 4 atom stereocenters. The van der Waals surface area contributed by atoms with Gasteiger partial charge in [-0.15, -0.1) is 0 Å². The largest absolute Gasteiger partial charge is 0.396 e. The van der Waals surface area contributed by atoms with E-state index in [9.17, 15) is 4.79 Å². The zero-order valence-electron chi connectivity index (χ0n) is 11.7. The highest BCUT2D eigenvalue weighted by Crippen LogP contribution is 2.00. The molecule has 1 unspecified atom stereocenters. The van der Waals surface area contributed by atoms with E-state index in [0.29, 0.717) is 12.8 Å². The van der Waals surface area contributed by atoms with Crippen LogP contribution in [0, 0.1) is 0 Å². The Hall–Kier alpha value is -0.650. The van der Waals surface area contributed by atoms with Crippen molar-refractivity contribution >= 4 is 5.78 Å². The van der Waals surface area contributed by atoms with Gasteiger partial charge in [0.15, 0.2) is 5.78 Å². The average Bonchev–Trinajstić information content (AvgIpc) is 2.52. The molecule has 0 rings (SSSR count). The number of aliphatic hydroxyl groups is 8. The van der Waals surface area contributed by atoms with Crippen LogP contribution < -0.4 is 0 Å². The summed E-state index contributed by atoms with van der Waals surface area (Å²) < 4.78 is 0. The van der Waals surface area contributed by atoms with Gasteiger partial charge in [0.05, 0.1) is 19.3 Å². The van der Waals surface area contributed by atoms with E-state index >= 15 is 0 Å². The highest BCUT2D eigenvalue weighted by molar-refractivity contribution is 5.84. The van der Waals surface area contributed by atoms with Crippen molar-refractivity contribution in [2.24, 2.45) is 0 Å². The van der Waals surface area contributed by atoms with Crippen LogP contribution in [0.4, 0.5) is 0 Å². The van der Waals surface area contributed by atoms with Gasteiger partial charge in [-0.25, -0.2) is 0 Å². The number of rotatable bonds is 10. The van der Waals surface area contributed by atoms with Crippen LogP contribution in [-0.4, -0.2) is 97.5 Å². The zero-order chi connectivity index (χ0) is 16.8. The molecule has 21 heavy (non-hydrogen) atoms. The summed E-state index contributed by atoms with van der Waals surface area (Å²) in [6, 6.07) is 0. The number of Topliss-reactive ketones (excluding diaryl/α,β-unsaturated/α-hetero) is 1. The van der Waals surface area contributed by atoms with Crippen LogP contribution in [0.5, 0.6) is 0 Å². The fraction of sp³-hybridized carbons (Fsp3) is 0.917. The summed E-state index contributed by atoms with van der Waals surface area (Å²) in [5.41, 5.74) is 0. The van der Waals surface area contributed by atoms with Crippen molar-refractivity contribution in [3.8, 4) is 0 Å². The molecular formula is C12H26O9. The lowest BCUT2D eigenvalue weighted by Gasteiger charge is -2.19. The van der Waals surface area contributed by atoms with Gasteiger partial charge in [0.25, 0.3) is 0 Å². The van der Waals surface area contributed by atoms with Gasteiger partial charge in [-0.3, -0.25) is 4.79 Å². The SMILES string of the molecule is O=C(CO)[C@H](O)[C@@H](O)[C@H](O)CO.OCCCCC(O)CO. The molecule has 9 nitrogen and oxygen atoms in total. The summed E-state index contributed by atoms with van der Waals surface area (Å²) in [5.74, 6) is -1.00. The summed E-state index contributed by atoms with van der Waals surface area (Å²) in [6.07, 6.45) is -3.76. The normalized spacial score (nSPS) is 16.4. The quantitative estimate of drug-likeness (QED) is 0.187. The van der Waals surface area contributed by atoms with Gasteiger partial charge in [-0.05, 0) is 19.3 Å². The first kappa shape index (κ1) is 22.6. The monoisotopic (exact) mass is 314 g/mol. The minimum atomic E-state index is -1.86. The molecule has 0 bridgehead atoms. The Labute approximate surface area is 122 Å². The predicted molar refractivity (Wildman–Crippen MR) is 71.2 cm³/mol. The van der Waals surface area contributed by atoms with E-state index in [1.165, 1.54) is 0 Å². The minimum absolute atomic E-state index is 0.165. The van der Waals surface area contributed by atoms with Crippen molar-refractivity contribution in [3.63, 3.8) is 0 Å². The molecule has 0 aromatic heterocycles. The van der Waals surface area contributed by atoms with Gasteiger partial charge in [0.2, 0.25) is 0 Å². The summed E-state index contributed by atoms with van der Waals surface area (Å²) in [6.45, 7) is -1.70. The lowest BCUT2D eigenvalue weighted by molar-refractivity contribution is -0.142. The molecule has 0 fully saturated rings. The van der Waals surface area contributed by atoms with Crippen LogP contribution >= 0.6 is 0 Å². The molecule has 0 saturated heterocycles. The topological polar surface area (TPSA) is 179 Å². The second-order valence-corrected chi connectivity index (χ2v) is 4.37. The Morgan fingerprint density at radius 3 is 1.81 bits per heavy atom. The van der Waals surface area contributed by atoms with Gasteiger partial charge < -0.3 is 40.9 Å². The van der Waals surface area contributed by atoms with E-state index in [1.54, 1.807) is 0 Å². The Kier molecular flexibility index (Phi) is 15.4. The highest BCUT2D eigenvalue weighted by Gasteiger charge is 2.28. The number of hydrogen-bond acceptors (Lipinski definition) is 9. The first-order chi connectivity index (χ1) is 9.85. The van der Waals surface area contributed by atoms with E-state index in [-0.39, 0.29) is 13.2 Å². The maximum Gasteiger partial charge on any atom is 0.189 e. The van der Waals surface area contributed by atoms with E-state index in [0.717, 1.165) is 6.42 Å². The van der Waals surface area contributed by atoms with Gasteiger partial charge in [-0.1, -0.05) is 0 Å². The molecule has 0 spiro atoms. The van der Waals surface area contributed by atoms with Crippen LogP contribution in [-0.2, 0) is 4.79 Å². The highest BCUT2D eigenvalue weighted by atomic mass is 16.4. The van der Waals surface area contributed by atoms with Crippen molar-refractivity contribution in [2.45, 2.75) is 43.7 Å². The summed E-state index contributed by atoms with van der Waals surface area (Å²) in [5, 5.41) is 68.4. The Morgan fingerprint density at radius 1 is 0.857 bits per heavy atom. The first-order valence-electron chi connectivity index (χ1n) is 6.54. The summed E-state index contributed by atoms with van der Waals surface area (Å²) in [4.78, 5) is 10.5. The fourth-order valence-corrected chi connectivity index (χ4v) is 1.19. The second-order valence-electron chi connectivity index (χ2n) is 4.37. The van der Waals surface area contributed by atoms with Gasteiger partial charge in [0.1, 0.15) is 24.9 Å². The predicted octanol–water partition coefficient (Wildman–Crippen LogP) is -3.87. The number of ketones is 1. The maximum atomic E-state index is 10.5. The number of hydrogen-bond donors (Lipinski definition) is 8. The minimum Gasteiger partial charge on any atom is -0.396 e. The number of carbonyl (C=O) groups excluding carboxylic acids is 1. The molecule has 0 amide bonds. The molecule has 0 aromatic carbocycles. The summed E-state index contributed by atoms with van der Waals surface area (Å²) in [7, 11) is 0. The number of carbonyl (C=O) groups is 1. The molecule has 0 saturated carbocycles. The lowest BCUT2D eigenvalue weighted by atomic mass is 10.1. The Morgan fingerprint density at radius 2 is 1.43 bits per heavy atom. The standard InChI is InChI=1S/C6H12O6.C6H14O3/c7-1-3(9)5(11)6(12)4(10)2-8;7-4-2-1-3-6(9)5-8/h3,5-9,11-12H,1-2H2;6-9H,1-5H2/t3-,5+,6+;/m1./s1. The van der Waals surface area contributed by atoms with Crippen molar-refractivity contribution in [1.29, 1.82) is 0 Å². The Balaban J connectivity index is 0. The molecular weight excluding hydrogens is 288 g/mol. The van der Waals surface area contributed by atoms with Crippen LogP contribution in [0.2, 0.25) is 0 Å². The molecule has 8 N–H and O–H groups in total. The Bertz CT molecular complexity index is 249. The third-order valence-electron chi connectivity index (χ3n) is 2.55. The van der Waals surface area contributed by atoms with Crippen molar-refractivity contribution in [3.05, 3.63) is 0 Å². The van der Waals surface area contributed by atoms with Crippen molar-refractivity contribution in [2.75, 3.05) is 26.4 Å². The fourth-order valence-electron chi connectivity index (χ4n) is 1.19. The average molecular weight is 314 g/mol. The van der Waals surface area contributed by atoms with Crippen LogP contribution in [0.1, 0.15) is 19.3 Å². The lowest BCUT2D eigenvalue weighted by Crippen LogP contribution is -2.44. The van der Waals surface area contributed by atoms with Crippen LogP contribution in [0.15, 0.2) is 0 Å². The van der Waals surface area contributed by atoms with Crippen molar-refractivity contribution in [1.82, 2.24) is 0 Å². The van der Waals surface area contributed by atoms with Gasteiger partial charge in [-0.2, -0.15) is 0 Å². The first-order valence-corrected chi connectivity index (χ1v) is 6.54. The molecule has 0 aliphatic carbocycles. The van der Waals surface area contributed by atoms with E-state index in [2.05, 4.69) is 0 Å². The maximum absolute atomic E-state index is 10.5. The molecule has 0 aliphatic heterocycles. The molecule has 0 heterocycles. The molecule has 0 radical (unpaired) electrons. The van der Waals surface area contributed by atoms with E-state index < -0.39 is 43.4 Å². The third-order valence-corrected chi connectivity index (χ3v) is 2.55. The zero-order valence-corrected chi connectivity index (χ0v) is 11.7. The van der Waals surface area contributed by atoms with E-state index in [4.69, 9.17) is 40.9 Å². The molecule has 0 aliphatic rings. The van der Waals surface area contributed by atoms with Crippen molar-refractivity contribution < 1.29 is 45.6 Å². The van der Waals surface area contributed by atoms with Gasteiger partial charge in [0, 0.05) is 6.61 Å². The van der Waals surface area contributed by atoms with Gasteiger partial charge >= 0.3 is 0 Å². The van der Waals surface area contributed by atoms with E-state index in [1.807, 2.05) is 0 Å². The third kappa shape index (κ3) is 11.7. The molecule has 0 aromatic rings. The smallest absolute Gasteiger partial charge is 0.189 e. The molecule has 9 heteroatoms. The number of aliphatic hydroxyl groups excluding tert-OH is 8. The summed E-state index contributed by atoms with van der Waals surface area (Å²) >= 11 is 0. The second kappa shape index (κ2) is 14.3. The molecule has 128 valence electrons. The number of unbranched alkanes of at least 4 members (excludes halogenated alkanes) is 1. The van der Waals surface area contributed by atoms with Crippen LogP contribution in [0.25, 0.3) is 0 Å².